The first kappa shape index (κ1) is 12.0. The highest BCUT2D eigenvalue weighted by Gasteiger charge is 2.04. The van der Waals surface area contributed by atoms with E-state index in [2.05, 4.69) is 36.3 Å². The summed E-state index contributed by atoms with van der Waals surface area (Å²) in [5, 5.41) is 7.46. The molecule has 5 nitrogen and oxygen atoms in total. The number of hydrogen-bond donors (Lipinski definition) is 1. The Hall–Kier alpha value is -1.43. The minimum Gasteiger partial charge on any atom is -0.366 e. The molecule has 0 saturated carbocycles. The maximum atomic E-state index is 4.31. The molecule has 0 aliphatic rings. The van der Waals surface area contributed by atoms with E-state index in [0.29, 0.717) is 6.54 Å². The van der Waals surface area contributed by atoms with Gasteiger partial charge in [-0.3, -0.25) is 4.68 Å². The summed E-state index contributed by atoms with van der Waals surface area (Å²) in [5.41, 5.74) is 2.32. The lowest BCUT2D eigenvalue weighted by Crippen LogP contribution is -2.04. The van der Waals surface area contributed by atoms with E-state index in [1.165, 1.54) is 5.56 Å². The molecular weight excluding hydrogens is 282 g/mol. The molecule has 2 aromatic rings. The van der Waals surface area contributed by atoms with Crippen molar-refractivity contribution in [2.45, 2.75) is 20.4 Å². The minimum absolute atomic E-state index is 0.711. The molecule has 2 heterocycles. The number of anilines is 1. The summed E-state index contributed by atoms with van der Waals surface area (Å²) in [7, 11) is 1.93. The van der Waals surface area contributed by atoms with Gasteiger partial charge < -0.3 is 5.32 Å². The number of nitrogens with one attached hydrogen (secondary N) is 1. The standard InChI is InChI=1S/C11H14BrN5/c1-7-9(6-14-17(7)3)5-13-11-4-10(12)15-8(2)16-11/h4,6H,5H2,1-3H3,(H,13,15,16). The van der Waals surface area contributed by atoms with Gasteiger partial charge in [-0.1, -0.05) is 0 Å². The molecule has 0 aliphatic carbocycles. The fourth-order valence-electron chi connectivity index (χ4n) is 1.53. The zero-order valence-corrected chi connectivity index (χ0v) is 11.6. The maximum Gasteiger partial charge on any atom is 0.131 e. The highest BCUT2D eigenvalue weighted by Crippen LogP contribution is 2.14. The van der Waals surface area contributed by atoms with Crippen molar-refractivity contribution >= 4 is 21.7 Å². The lowest BCUT2D eigenvalue weighted by Gasteiger charge is -2.06. The van der Waals surface area contributed by atoms with Gasteiger partial charge in [0, 0.05) is 30.9 Å². The quantitative estimate of drug-likeness (QED) is 0.882. The topological polar surface area (TPSA) is 55.6 Å². The van der Waals surface area contributed by atoms with Crippen molar-refractivity contribution in [1.82, 2.24) is 19.7 Å². The van der Waals surface area contributed by atoms with Crippen molar-refractivity contribution in [2.24, 2.45) is 7.05 Å². The van der Waals surface area contributed by atoms with Gasteiger partial charge in [-0.2, -0.15) is 5.10 Å². The zero-order chi connectivity index (χ0) is 12.4. The molecule has 0 aliphatic heterocycles. The van der Waals surface area contributed by atoms with Crippen LogP contribution in [0.25, 0.3) is 0 Å². The van der Waals surface area contributed by atoms with Gasteiger partial charge in [0.15, 0.2) is 0 Å². The molecule has 0 fully saturated rings. The highest BCUT2D eigenvalue weighted by atomic mass is 79.9. The monoisotopic (exact) mass is 295 g/mol. The first-order valence-electron chi connectivity index (χ1n) is 5.29. The van der Waals surface area contributed by atoms with E-state index in [1.54, 1.807) is 0 Å². The molecule has 6 heteroatoms. The molecule has 0 spiro atoms. The van der Waals surface area contributed by atoms with E-state index < -0.39 is 0 Å². The first-order chi connectivity index (χ1) is 8.06. The van der Waals surface area contributed by atoms with Gasteiger partial charge in [0.1, 0.15) is 16.2 Å². The van der Waals surface area contributed by atoms with E-state index in [0.717, 1.165) is 21.9 Å². The van der Waals surface area contributed by atoms with Crippen LogP contribution in [-0.2, 0) is 13.6 Å². The van der Waals surface area contributed by atoms with Crippen LogP contribution in [0.1, 0.15) is 17.1 Å². The second-order valence-electron chi connectivity index (χ2n) is 3.86. The van der Waals surface area contributed by atoms with Crippen molar-refractivity contribution in [3.05, 3.63) is 33.9 Å². The van der Waals surface area contributed by atoms with Crippen molar-refractivity contribution in [3.63, 3.8) is 0 Å². The second-order valence-corrected chi connectivity index (χ2v) is 4.67. The van der Waals surface area contributed by atoms with Gasteiger partial charge in [-0.25, -0.2) is 9.97 Å². The number of rotatable bonds is 3. The summed E-state index contributed by atoms with van der Waals surface area (Å²) in [6, 6.07) is 1.86. The first-order valence-corrected chi connectivity index (χ1v) is 6.08. The molecule has 2 aromatic heterocycles. The van der Waals surface area contributed by atoms with E-state index in [4.69, 9.17) is 0 Å². The fourth-order valence-corrected chi connectivity index (χ4v) is 2.00. The normalized spacial score (nSPS) is 10.6. The number of halogens is 1. The number of nitrogens with zero attached hydrogens (tertiary/aromatic N) is 4. The fraction of sp³-hybridized carbons (Fsp3) is 0.364. The number of hydrogen-bond acceptors (Lipinski definition) is 4. The molecule has 17 heavy (non-hydrogen) atoms. The Morgan fingerprint density at radius 3 is 2.71 bits per heavy atom. The molecule has 0 amide bonds. The Labute approximate surface area is 108 Å². The van der Waals surface area contributed by atoms with Crippen LogP contribution in [0.4, 0.5) is 5.82 Å². The highest BCUT2D eigenvalue weighted by molar-refractivity contribution is 9.10. The van der Waals surface area contributed by atoms with E-state index >= 15 is 0 Å². The van der Waals surface area contributed by atoms with Crippen molar-refractivity contribution < 1.29 is 0 Å². The molecule has 0 saturated heterocycles. The molecule has 90 valence electrons. The lowest BCUT2D eigenvalue weighted by molar-refractivity contribution is 0.738. The number of aryl methyl sites for hydroxylation is 2. The van der Waals surface area contributed by atoms with Gasteiger partial charge in [-0.05, 0) is 29.8 Å². The summed E-state index contributed by atoms with van der Waals surface area (Å²) >= 11 is 3.35. The van der Waals surface area contributed by atoms with Gasteiger partial charge in [0.2, 0.25) is 0 Å². The Bertz CT molecular complexity index is 514. The Kier molecular flexibility index (Phi) is 3.42. The average molecular weight is 296 g/mol. The Morgan fingerprint density at radius 1 is 1.35 bits per heavy atom. The third-order valence-electron chi connectivity index (χ3n) is 2.60. The summed E-state index contributed by atoms with van der Waals surface area (Å²) in [4.78, 5) is 8.47. The zero-order valence-electron chi connectivity index (χ0n) is 10.0. The van der Waals surface area contributed by atoms with Crippen LogP contribution in [0, 0.1) is 13.8 Å². The average Bonchev–Trinajstić information content (AvgIpc) is 2.56. The van der Waals surface area contributed by atoms with Crippen LogP contribution >= 0.6 is 15.9 Å². The van der Waals surface area contributed by atoms with Gasteiger partial charge in [-0.15, -0.1) is 0 Å². The molecule has 0 bridgehead atoms. The van der Waals surface area contributed by atoms with Crippen LogP contribution in [-0.4, -0.2) is 19.7 Å². The molecular formula is C11H14BrN5. The molecule has 2 rings (SSSR count). The lowest BCUT2D eigenvalue weighted by atomic mass is 10.2. The third kappa shape index (κ3) is 2.82. The Balaban J connectivity index is 2.09. The second kappa shape index (κ2) is 4.83. The van der Waals surface area contributed by atoms with Crippen LogP contribution < -0.4 is 5.32 Å². The van der Waals surface area contributed by atoms with Crippen molar-refractivity contribution in [2.75, 3.05) is 5.32 Å². The summed E-state index contributed by atoms with van der Waals surface area (Å²) in [6.07, 6.45) is 1.87. The van der Waals surface area contributed by atoms with Crippen molar-refractivity contribution in [3.8, 4) is 0 Å². The van der Waals surface area contributed by atoms with E-state index in [-0.39, 0.29) is 0 Å². The van der Waals surface area contributed by atoms with Crippen molar-refractivity contribution in [1.29, 1.82) is 0 Å². The minimum atomic E-state index is 0.711. The third-order valence-corrected chi connectivity index (χ3v) is 3.01. The van der Waals surface area contributed by atoms with Crippen LogP contribution in [0.2, 0.25) is 0 Å². The predicted molar refractivity (Wildman–Crippen MR) is 69.7 cm³/mol. The van der Waals surface area contributed by atoms with Crippen LogP contribution in [0.15, 0.2) is 16.9 Å². The molecule has 0 unspecified atom stereocenters. The van der Waals surface area contributed by atoms with Gasteiger partial charge in [0.25, 0.3) is 0 Å². The SMILES string of the molecule is Cc1nc(Br)cc(NCc2cnn(C)c2C)n1. The molecule has 0 radical (unpaired) electrons. The molecule has 0 atom stereocenters. The molecule has 1 N–H and O–H groups in total. The summed E-state index contributed by atoms with van der Waals surface area (Å²) in [5.74, 6) is 1.55. The predicted octanol–water partition coefficient (Wildman–Crippen LogP) is 2.20. The van der Waals surface area contributed by atoms with E-state index in [9.17, 15) is 0 Å². The summed E-state index contributed by atoms with van der Waals surface area (Å²) in [6.45, 7) is 4.62. The molecule has 0 aromatic carbocycles. The number of aromatic nitrogens is 4. The Morgan fingerprint density at radius 2 is 2.12 bits per heavy atom. The maximum absolute atomic E-state index is 4.31. The largest absolute Gasteiger partial charge is 0.366 e. The van der Waals surface area contributed by atoms with Crippen LogP contribution in [0.3, 0.4) is 0 Å². The van der Waals surface area contributed by atoms with Gasteiger partial charge in [0.05, 0.1) is 6.20 Å². The van der Waals surface area contributed by atoms with Crippen LogP contribution in [0.5, 0.6) is 0 Å². The van der Waals surface area contributed by atoms with Gasteiger partial charge >= 0.3 is 0 Å². The smallest absolute Gasteiger partial charge is 0.131 e. The van der Waals surface area contributed by atoms with E-state index in [1.807, 2.05) is 37.8 Å². The summed E-state index contributed by atoms with van der Waals surface area (Å²) < 4.78 is 2.65.